The maximum absolute atomic E-state index is 11.4. The molecule has 5 atom stereocenters. The molecule has 0 aliphatic carbocycles. The Hall–Kier alpha value is -1.22. The summed E-state index contributed by atoms with van der Waals surface area (Å²) in [5.41, 5.74) is 0. The molecule has 0 aromatic heterocycles. The zero-order valence-electron chi connectivity index (χ0n) is 8.15. The Labute approximate surface area is 90.1 Å². The van der Waals surface area contributed by atoms with Gasteiger partial charge >= 0.3 is 11.8 Å². The average molecular weight is 232 g/mol. The van der Waals surface area contributed by atoms with Crippen molar-refractivity contribution >= 4 is 11.8 Å². The standard InChI is InChI=1S/C8H12N2O6/c11-1-2-3(12)4(13)5(14)6-9-7(15)8(16)10(2)6/h2-6,11-14H,1H2,(H,9,15)/t2-,3-,4+,5-,6-/m0/s1. The summed E-state index contributed by atoms with van der Waals surface area (Å²) in [7, 11) is 0. The van der Waals surface area contributed by atoms with Gasteiger partial charge in [0.05, 0.1) is 12.6 Å². The Morgan fingerprint density at radius 2 is 1.75 bits per heavy atom. The molecular weight excluding hydrogens is 220 g/mol. The van der Waals surface area contributed by atoms with Crippen molar-refractivity contribution < 1.29 is 30.0 Å². The summed E-state index contributed by atoms with van der Waals surface area (Å²) in [6, 6.07) is -1.10. The van der Waals surface area contributed by atoms with Crippen LogP contribution in [0.5, 0.6) is 0 Å². The third-order valence-electron chi connectivity index (χ3n) is 2.97. The first kappa shape index (κ1) is 11.3. The first-order chi connectivity index (χ1) is 7.49. The Bertz CT molecular complexity index is 334. The minimum atomic E-state index is -1.52. The molecule has 16 heavy (non-hydrogen) atoms. The van der Waals surface area contributed by atoms with Crippen LogP contribution in [0.2, 0.25) is 0 Å². The van der Waals surface area contributed by atoms with Gasteiger partial charge in [0, 0.05) is 0 Å². The summed E-state index contributed by atoms with van der Waals surface area (Å²) in [6.45, 7) is -0.609. The predicted octanol–water partition coefficient (Wildman–Crippen LogP) is -4.27. The third kappa shape index (κ3) is 1.31. The molecular formula is C8H12N2O6. The van der Waals surface area contributed by atoms with Gasteiger partial charge in [0.15, 0.2) is 0 Å². The van der Waals surface area contributed by atoms with Gasteiger partial charge in [-0.2, -0.15) is 0 Å². The number of hydrogen-bond acceptors (Lipinski definition) is 6. The molecule has 2 aliphatic heterocycles. The number of fused-ring (bicyclic) bond motifs is 1. The fourth-order valence-corrected chi connectivity index (χ4v) is 2.09. The van der Waals surface area contributed by atoms with Gasteiger partial charge in [-0.25, -0.2) is 0 Å². The Kier molecular flexibility index (Phi) is 2.58. The normalized spacial score (nSPS) is 43.2. The van der Waals surface area contributed by atoms with E-state index in [1.165, 1.54) is 0 Å². The van der Waals surface area contributed by atoms with Crippen LogP contribution in [0.3, 0.4) is 0 Å². The van der Waals surface area contributed by atoms with E-state index in [1.54, 1.807) is 0 Å². The maximum atomic E-state index is 11.4. The van der Waals surface area contributed by atoms with Crippen molar-refractivity contribution in [2.75, 3.05) is 6.61 Å². The lowest BCUT2D eigenvalue weighted by molar-refractivity contribution is -0.175. The maximum Gasteiger partial charge on any atom is 0.314 e. The van der Waals surface area contributed by atoms with Gasteiger partial charge in [-0.05, 0) is 0 Å². The van der Waals surface area contributed by atoms with Crippen LogP contribution in [0.1, 0.15) is 0 Å². The van der Waals surface area contributed by atoms with Crippen molar-refractivity contribution in [3.05, 3.63) is 0 Å². The van der Waals surface area contributed by atoms with Crippen molar-refractivity contribution in [3.8, 4) is 0 Å². The number of aliphatic hydroxyl groups is 4. The lowest BCUT2D eigenvalue weighted by atomic mass is 9.92. The largest absolute Gasteiger partial charge is 0.394 e. The second-order valence-electron chi connectivity index (χ2n) is 3.85. The van der Waals surface area contributed by atoms with Crippen LogP contribution in [0.4, 0.5) is 0 Å². The van der Waals surface area contributed by atoms with Crippen LogP contribution >= 0.6 is 0 Å². The number of nitrogens with one attached hydrogen (secondary N) is 1. The molecule has 2 rings (SSSR count). The molecule has 2 fully saturated rings. The molecule has 0 saturated carbocycles. The molecule has 2 saturated heterocycles. The van der Waals surface area contributed by atoms with Crippen molar-refractivity contribution in [2.24, 2.45) is 0 Å². The fourth-order valence-electron chi connectivity index (χ4n) is 2.09. The second kappa shape index (κ2) is 3.67. The van der Waals surface area contributed by atoms with E-state index >= 15 is 0 Å². The molecule has 90 valence electrons. The van der Waals surface area contributed by atoms with E-state index in [4.69, 9.17) is 5.11 Å². The zero-order valence-corrected chi connectivity index (χ0v) is 8.15. The van der Waals surface area contributed by atoms with Gasteiger partial charge in [-0.1, -0.05) is 0 Å². The highest BCUT2D eigenvalue weighted by Crippen LogP contribution is 2.26. The molecule has 2 heterocycles. The number of carbonyl (C=O) groups is 2. The summed E-state index contributed by atoms with van der Waals surface area (Å²) in [5.74, 6) is -1.86. The quantitative estimate of drug-likeness (QED) is 0.291. The molecule has 0 unspecified atom stereocenters. The van der Waals surface area contributed by atoms with Crippen molar-refractivity contribution in [1.29, 1.82) is 0 Å². The number of amides is 2. The summed E-state index contributed by atoms with van der Waals surface area (Å²) in [5, 5.41) is 39.8. The smallest absolute Gasteiger partial charge is 0.314 e. The van der Waals surface area contributed by atoms with Crippen LogP contribution in [-0.4, -0.2) is 74.3 Å². The number of hydrogen-bond donors (Lipinski definition) is 5. The van der Waals surface area contributed by atoms with Gasteiger partial charge in [0.2, 0.25) is 0 Å². The molecule has 2 aliphatic rings. The van der Waals surface area contributed by atoms with Gasteiger partial charge in [-0.15, -0.1) is 0 Å². The van der Waals surface area contributed by atoms with Crippen LogP contribution in [0, 0.1) is 0 Å². The third-order valence-corrected chi connectivity index (χ3v) is 2.97. The van der Waals surface area contributed by atoms with Crippen LogP contribution in [-0.2, 0) is 9.59 Å². The highest BCUT2D eigenvalue weighted by atomic mass is 16.4. The van der Waals surface area contributed by atoms with Gasteiger partial charge in [0.1, 0.15) is 24.5 Å². The molecule has 0 radical (unpaired) electrons. The second-order valence-corrected chi connectivity index (χ2v) is 3.85. The summed E-state index contributed by atoms with van der Waals surface area (Å²) >= 11 is 0. The molecule has 8 heteroatoms. The Morgan fingerprint density at radius 1 is 1.12 bits per heavy atom. The molecule has 0 aromatic rings. The number of carbonyl (C=O) groups excluding carboxylic acids is 2. The van der Waals surface area contributed by atoms with E-state index in [9.17, 15) is 24.9 Å². The fraction of sp³-hybridized carbons (Fsp3) is 0.750. The zero-order chi connectivity index (χ0) is 12.0. The van der Waals surface area contributed by atoms with E-state index in [0.717, 1.165) is 4.90 Å². The number of nitrogens with zero attached hydrogens (tertiary/aromatic N) is 1. The minimum absolute atomic E-state index is 0.609. The van der Waals surface area contributed by atoms with Gasteiger partial charge in [-0.3, -0.25) is 9.59 Å². The molecule has 0 bridgehead atoms. The molecule has 0 aromatic carbocycles. The Morgan fingerprint density at radius 3 is 2.31 bits per heavy atom. The van der Waals surface area contributed by atoms with E-state index < -0.39 is 48.9 Å². The van der Waals surface area contributed by atoms with E-state index in [-0.39, 0.29) is 0 Å². The summed E-state index contributed by atoms with van der Waals surface area (Å²) in [4.78, 5) is 23.4. The first-order valence-corrected chi connectivity index (χ1v) is 4.77. The van der Waals surface area contributed by atoms with Crippen LogP contribution < -0.4 is 5.32 Å². The van der Waals surface area contributed by atoms with Gasteiger partial charge in [0.25, 0.3) is 0 Å². The monoisotopic (exact) mass is 232 g/mol. The van der Waals surface area contributed by atoms with E-state index in [2.05, 4.69) is 5.32 Å². The molecule has 2 amide bonds. The average Bonchev–Trinajstić information content (AvgIpc) is 2.55. The van der Waals surface area contributed by atoms with Crippen molar-refractivity contribution in [3.63, 3.8) is 0 Å². The van der Waals surface area contributed by atoms with E-state index in [1.807, 2.05) is 0 Å². The first-order valence-electron chi connectivity index (χ1n) is 4.77. The minimum Gasteiger partial charge on any atom is -0.394 e. The van der Waals surface area contributed by atoms with E-state index in [0.29, 0.717) is 0 Å². The lowest BCUT2D eigenvalue weighted by Gasteiger charge is -2.44. The predicted molar refractivity (Wildman–Crippen MR) is 47.7 cm³/mol. The summed E-state index contributed by atoms with van der Waals surface area (Å²) in [6.07, 6.45) is -5.60. The van der Waals surface area contributed by atoms with Crippen LogP contribution in [0.25, 0.3) is 0 Å². The molecule has 5 N–H and O–H groups in total. The number of rotatable bonds is 1. The summed E-state index contributed by atoms with van der Waals surface area (Å²) < 4.78 is 0. The lowest BCUT2D eigenvalue weighted by Crippen LogP contribution is -2.68. The van der Waals surface area contributed by atoms with Crippen molar-refractivity contribution in [2.45, 2.75) is 30.5 Å². The SMILES string of the molecule is O=C1N[C@@H]2[C@@H](O)[C@H](O)[C@@H](O)[C@H](CO)N2C1=O. The highest BCUT2D eigenvalue weighted by molar-refractivity contribution is 6.37. The van der Waals surface area contributed by atoms with Gasteiger partial charge < -0.3 is 30.6 Å². The molecule has 0 spiro atoms. The molecule has 8 nitrogen and oxygen atoms in total. The highest BCUT2D eigenvalue weighted by Gasteiger charge is 2.54. The number of piperidine rings is 1. The van der Waals surface area contributed by atoms with Crippen molar-refractivity contribution in [1.82, 2.24) is 10.2 Å². The topological polar surface area (TPSA) is 130 Å². The Balaban J connectivity index is 2.35. The van der Waals surface area contributed by atoms with Crippen LogP contribution in [0.15, 0.2) is 0 Å². The number of aliphatic hydroxyl groups excluding tert-OH is 4.